The van der Waals surface area contributed by atoms with E-state index < -0.39 is 5.91 Å². The molecule has 0 bridgehead atoms. The Hall–Kier alpha value is -3.09. The molecule has 2 rings (SSSR count). The Morgan fingerprint density at radius 1 is 1.22 bits per heavy atom. The largest absolute Gasteiger partial charge is 0.497 e. The summed E-state index contributed by atoms with van der Waals surface area (Å²) < 4.78 is 10.3. The van der Waals surface area contributed by atoms with Crippen molar-refractivity contribution in [2.45, 2.75) is 6.92 Å². The molecule has 0 aliphatic rings. The summed E-state index contributed by atoms with van der Waals surface area (Å²) in [5, 5.41) is 6.24. The molecule has 2 aromatic rings. The Morgan fingerprint density at radius 2 is 1.96 bits per heavy atom. The van der Waals surface area contributed by atoms with Crippen LogP contribution in [0.25, 0.3) is 0 Å². The van der Waals surface area contributed by atoms with E-state index in [9.17, 15) is 9.59 Å². The van der Waals surface area contributed by atoms with Crippen molar-refractivity contribution in [1.29, 1.82) is 0 Å². The summed E-state index contributed by atoms with van der Waals surface area (Å²) in [6.07, 6.45) is 1.39. The molecule has 1 aromatic heterocycles. The number of hydrogen-bond donors (Lipinski definition) is 2. The van der Waals surface area contributed by atoms with Gasteiger partial charge < -0.3 is 14.5 Å². The number of aryl methyl sites for hydroxylation is 1. The second kappa shape index (κ2) is 7.79. The molecule has 0 aliphatic carbocycles. The molecule has 0 aliphatic heterocycles. The van der Waals surface area contributed by atoms with Gasteiger partial charge in [0.25, 0.3) is 11.8 Å². The molecule has 0 unspecified atom stereocenters. The maximum Gasteiger partial charge on any atom is 0.259 e. The van der Waals surface area contributed by atoms with Gasteiger partial charge in [0.15, 0.2) is 0 Å². The fraction of sp³-hybridized carbons (Fsp3) is 0.188. The van der Waals surface area contributed by atoms with Crippen molar-refractivity contribution in [2.75, 3.05) is 13.7 Å². The number of carbonyl (C=O) groups is 2. The molecule has 0 saturated carbocycles. The van der Waals surface area contributed by atoms with Gasteiger partial charge in [-0.3, -0.25) is 9.59 Å². The highest BCUT2D eigenvalue weighted by Crippen LogP contribution is 2.10. The molecule has 2 amide bonds. The molecular formula is C16H17N3O4. The lowest BCUT2D eigenvalue weighted by Crippen LogP contribution is -2.34. The van der Waals surface area contributed by atoms with Gasteiger partial charge in [0.2, 0.25) is 0 Å². The first-order valence-electron chi connectivity index (χ1n) is 6.89. The molecular weight excluding hydrogens is 298 g/mol. The fourth-order valence-corrected chi connectivity index (χ4v) is 1.74. The highest BCUT2D eigenvalue weighted by Gasteiger charge is 2.07. The van der Waals surface area contributed by atoms with Crippen molar-refractivity contribution in [3.8, 4) is 5.75 Å². The third-order valence-electron chi connectivity index (χ3n) is 2.90. The molecule has 0 fully saturated rings. The summed E-state index contributed by atoms with van der Waals surface area (Å²) in [6, 6.07) is 10.1. The first-order valence-corrected chi connectivity index (χ1v) is 6.89. The van der Waals surface area contributed by atoms with E-state index in [2.05, 4.69) is 15.8 Å². The number of nitrogens with zero attached hydrogens (tertiary/aromatic N) is 1. The Kier molecular flexibility index (Phi) is 5.51. The second-order valence-electron chi connectivity index (χ2n) is 4.65. The Morgan fingerprint density at radius 3 is 2.57 bits per heavy atom. The van der Waals surface area contributed by atoms with Gasteiger partial charge in [-0.15, -0.1) is 0 Å². The standard InChI is InChI=1S/C16H17N3O4/c1-11-3-6-14(23-11)9-18-19-15(20)10-17-16(21)12-4-7-13(22-2)8-5-12/h3-9H,10H2,1-2H3,(H,17,21)(H,19,20). The number of carbonyl (C=O) groups excluding carboxylic acids is 2. The van der Waals surface area contributed by atoms with Crippen LogP contribution in [-0.4, -0.2) is 31.7 Å². The zero-order chi connectivity index (χ0) is 16.7. The van der Waals surface area contributed by atoms with Crippen molar-refractivity contribution in [2.24, 2.45) is 5.10 Å². The van der Waals surface area contributed by atoms with Crippen LogP contribution in [0.2, 0.25) is 0 Å². The van der Waals surface area contributed by atoms with Gasteiger partial charge in [-0.2, -0.15) is 5.10 Å². The van der Waals surface area contributed by atoms with Crippen molar-refractivity contribution in [3.63, 3.8) is 0 Å². The van der Waals surface area contributed by atoms with Gasteiger partial charge in [0, 0.05) is 5.56 Å². The zero-order valence-electron chi connectivity index (χ0n) is 12.8. The minimum Gasteiger partial charge on any atom is -0.497 e. The number of furan rings is 1. The second-order valence-corrected chi connectivity index (χ2v) is 4.65. The van der Waals surface area contributed by atoms with Crippen LogP contribution in [-0.2, 0) is 4.79 Å². The van der Waals surface area contributed by atoms with E-state index in [1.807, 2.05) is 6.92 Å². The SMILES string of the molecule is COc1ccc(C(=O)NCC(=O)NN=Cc2ccc(C)o2)cc1. The van der Waals surface area contributed by atoms with Crippen LogP contribution in [0.5, 0.6) is 5.75 Å². The number of ether oxygens (including phenoxy) is 1. The average molecular weight is 315 g/mol. The van der Waals surface area contributed by atoms with E-state index in [-0.39, 0.29) is 12.5 Å². The summed E-state index contributed by atoms with van der Waals surface area (Å²) in [6.45, 7) is 1.63. The molecule has 23 heavy (non-hydrogen) atoms. The van der Waals surface area contributed by atoms with E-state index in [1.54, 1.807) is 43.5 Å². The summed E-state index contributed by atoms with van der Waals surface area (Å²) in [5.74, 6) is 1.15. The van der Waals surface area contributed by atoms with Crippen molar-refractivity contribution < 1.29 is 18.7 Å². The number of benzene rings is 1. The van der Waals surface area contributed by atoms with Crippen LogP contribution in [0, 0.1) is 6.92 Å². The maximum absolute atomic E-state index is 11.9. The summed E-state index contributed by atoms with van der Waals surface area (Å²) in [7, 11) is 1.55. The zero-order valence-corrected chi connectivity index (χ0v) is 12.8. The van der Waals surface area contributed by atoms with Gasteiger partial charge in [-0.25, -0.2) is 5.43 Å². The number of nitrogens with one attached hydrogen (secondary N) is 2. The number of methoxy groups -OCH3 is 1. The lowest BCUT2D eigenvalue weighted by atomic mass is 10.2. The minimum absolute atomic E-state index is 0.181. The van der Waals surface area contributed by atoms with E-state index in [0.717, 1.165) is 5.76 Å². The molecule has 0 atom stereocenters. The molecule has 1 aromatic carbocycles. The molecule has 7 nitrogen and oxygen atoms in total. The highest BCUT2D eigenvalue weighted by atomic mass is 16.5. The van der Waals surface area contributed by atoms with Crippen LogP contribution >= 0.6 is 0 Å². The summed E-state index contributed by atoms with van der Waals surface area (Å²) in [4.78, 5) is 23.4. The minimum atomic E-state index is -0.439. The molecule has 2 N–H and O–H groups in total. The van der Waals surface area contributed by atoms with Crippen LogP contribution in [0.3, 0.4) is 0 Å². The number of rotatable bonds is 6. The van der Waals surface area contributed by atoms with Gasteiger partial charge in [-0.1, -0.05) is 0 Å². The topological polar surface area (TPSA) is 92.9 Å². The molecule has 7 heteroatoms. The molecule has 0 saturated heterocycles. The van der Waals surface area contributed by atoms with Crippen LogP contribution in [0.15, 0.2) is 45.9 Å². The Labute approximate surface area is 133 Å². The van der Waals surface area contributed by atoms with Crippen LogP contribution < -0.4 is 15.5 Å². The third-order valence-corrected chi connectivity index (χ3v) is 2.90. The summed E-state index contributed by atoms with van der Waals surface area (Å²) in [5.41, 5.74) is 2.74. The van der Waals surface area contributed by atoms with Gasteiger partial charge in [0.05, 0.1) is 19.9 Å². The number of hydrogen-bond acceptors (Lipinski definition) is 5. The van der Waals surface area contributed by atoms with Crippen molar-refractivity contribution >= 4 is 18.0 Å². The number of amides is 2. The van der Waals surface area contributed by atoms with E-state index in [0.29, 0.717) is 17.1 Å². The van der Waals surface area contributed by atoms with Gasteiger partial charge >= 0.3 is 0 Å². The van der Waals surface area contributed by atoms with E-state index >= 15 is 0 Å². The van der Waals surface area contributed by atoms with E-state index in [4.69, 9.17) is 9.15 Å². The first kappa shape index (κ1) is 16.3. The normalized spacial score (nSPS) is 10.5. The monoisotopic (exact) mass is 315 g/mol. The molecule has 1 heterocycles. The molecule has 0 spiro atoms. The summed E-state index contributed by atoms with van der Waals surface area (Å²) >= 11 is 0. The predicted molar refractivity (Wildman–Crippen MR) is 84.5 cm³/mol. The lowest BCUT2D eigenvalue weighted by molar-refractivity contribution is -0.120. The molecule has 0 radical (unpaired) electrons. The lowest BCUT2D eigenvalue weighted by Gasteiger charge is -2.05. The highest BCUT2D eigenvalue weighted by molar-refractivity contribution is 5.96. The van der Waals surface area contributed by atoms with Gasteiger partial charge in [-0.05, 0) is 43.3 Å². The van der Waals surface area contributed by atoms with Crippen molar-refractivity contribution in [3.05, 3.63) is 53.5 Å². The quantitative estimate of drug-likeness (QED) is 0.624. The predicted octanol–water partition coefficient (Wildman–Crippen LogP) is 1.48. The van der Waals surface area contributed by atoms with Crippen LogP contribution in [0.4, 0.5) is 0 Å². The first-order chi connectivity index (χ1) is 11.1. The van der Waals surface area contributed by atoms with E-state index in [1.165, 1.54) is 6.21 Å². The number of hydrazone groups is 1. The van der Waals surface area contributed by atoms with Crippen LogP contribution in [0.1, 0.15) is 21.9 Å². The Bertz CT molecular complexity index is 704. The fourth-order valence-electron chi connectivity index (χ4n) is 1.74. The maximum atomic E-state index is 11.9. The average Bonchev–Trinajstić information content (AvgIpc) is 2.98. The van der Waals surface area contributed by atoms with Crippen molar-refractivity contribution in [1.82, 2.24) is 10.7 Å². The smallest absolute Gasteiger partial charge is 0.259 e. The van der Waals surface area contributed by atoms with Gasteiger partial charge in [0.1, 0.15) is 17.3 Å². The Balaban J connectivity index is 1.76. The molecule has 120 valence electrons. The third kappa shape index (κ3) is 4.99.